The van der Waals surface area contributed by atoms with Gasteiger partial charge < -0.3 is 4.89 Å². The molecular formula is C30H59NO2P+. The fraction of sp³-hybridized carbons (Fsp3) is 0.867. The van der Waals surface area contributed by atoms with Gasteiger partial charge in [-0.3, -0.25) is 4.48 Å². The van der Waals surface area contributed by atoms with Crippen LogP contribution in [0.4, 0.5) is 0 Å². The Morgan fingerprint density at radius 2 is 0.971 bits per heavy atom. The summed E-state index contributed by atoms with van der Waals surface area (Å²) in [5.41, 5.74) is 0. The van der Waals surface area contributed by atoms with E-state index in [0.717, 1.165) is 32.1 Å². The van der Waals surface area contributed by atoms with Gasteiger partial charge in [0.25, 0.3) is 5.28 Å². The van der Waals surface area contributed by atoms with E-state index in [1.165, 1.54) is 96.3 Å². The van der Waals surface area contributed by atoms with E-state index in [4.69, 9.17) is 0 Å². The summed E-state index contributed by atoms with van der Waals surface area (Å²) in [5.74, 6) is 0. The first-order chi connectivity index (χ1) is 16.3. The van der Waals surface area contributed by atoms with E-state index in [0.29, 0.717) is 4.48 Å². The molecule has 0 aliphatic carbocycles. The number of allylic oxidation sites excluding steroid dienone is 4. The zero-order valence-corrected chi connectivity index (χ0v) is 24.6. The van der Waals surface area contributed by atoms with Crippen LogP contribution in [0, 0.1) is 0 Å². The Morgan fingerprint density at radius 3 is 1.35 bits per heavy atom. The van der Waals surface area contributed by atoms with E-state index < -0.39 is 13.3 Å². The van der Waals surface area contributed by atoms with E-state index in [-0.39, 0.29) is 0 Å². The first-order valence-corrected chi connectivity index (χ1v) is 15.8. The second-order valence-electron chi connectivity index (χ2n) is 11.1. The molecule has 0 N–H and O–H groups in total. The second-order valence-corrected chi connectivity index (χ2v) is 12.4. The Bertz CT molecular complexity index is 538. The van der Waals surface area contributed by atoms with Gasteiger partial charge in [-0.2, -0.15) is 0 Å². The van der Waals surface area contributed by atoms with Gasteiger partial charge in [-0.15, -0.1) is 0 Å². The van der Waals surface area contributed by atoms with Gasteiger partial charge in [-0.1, -0.05) is 94.1 Å². The lowest BCUT2D eigenvalue weighted by Gasteiger charge is -2.39. The monoisotopic (exact) mass is 496 g/mol. The standard InChI is InChI=1S/C30H59NO2P/c1-6-8-9-10-11-12-13-14-15-16-17-18-19-20-21-22-23-24-25-26-27-29-30(28-7-2,34(32)33)31(3,4)5/h12-13,18-19H,6-11,14-17,20-29H2,1-5H3/q+1/b13-12-,19-18-. The maximum absolute atomic E-state index is 12.1. The van der Waals surface area contributed by atoms with E-state index in [1.807, 2.05) is 21.1 Å². The number of rotatable bonds is 24. The summed E-state index contributed by atoms with van der Waals surface area (Å²) in [4.78, 5) is 12.1. The van der Waals surface area contributed by atoms with Gasteiger partial charge in [0.15, 0.2) is 0 Å². The lowest BCUT2D eigenvalue weighted by atomic mass is 9.99. The zero-order chi connectivity index (χ0) is 25.5. The Labute approximate surface area is 214 Å². The van der Waals surface area contributed by atoms with Gasteiger partial charge in [0.2, 0.25) is 0 Å². The van der Waals surface area contributed by atoms with Crippen molar-refractivity contribution in [3.05, 3.63) is 24.3 Å². The predicted molar refractivity (Wildman–Crippen MR) is 150 cm³/mol. The van der Waals surface area contributed by atoms with Crippen molar-refractivity contribution in [3.63, 3.8) is 0 Å². The molecule has 0 saturated heterocycles. The second kappa shape index (κ2) is 21.8. The van der Waals surface area contributed by atoms with Crippen LogP contribution in [0.2, 0.25) is 0 Å². The van der Waals surface area contributed by atoms with Crippen molar-refractivity contribution in [1.29, 1.82) is 0 Å². The smallest absolute Gasteiger partial charge is 0.376 e. The van der Waals surface area contributed by atoms with Crippen molar-refractivity contribution in [3.8, 4) is 0 Å². The van der Waals surface area contributed by atoms with Crippen LogP contribution >= 0.6 is 8.03 Å². The lowest BCUT2D eigenvalue weighted by molar-refractivity contribution is -0.910. The maximum Gasteiger partial charge on any atom is 0.376 e. The van der Waals surface area contributed by atoms with Crippen LogP contribution in [0.5, 0.6) is 0 Å². The van der Waals surface area contributed by atoms with Crippen molar-refractivity contribution >= 4 is 8.03 Å². The number of hydrogen-bond acceptors (Lipinski definition) is 2. The third kappa shape index (κ3) is 16.2. The highest BCUT2D eigenvalue weighted by atomic mass is 31.1. The van der Waals surface area contributed by atoms with Crippen molar-refractivity contribution < 1.29 is 13.9 Å². The minimum absolute atomic E-state index is 0.517. The van der Waals surface area contributed by atoms with Crippen molar-refractivity contribution in [2.75, 3.05) is 21.1 Å². The molecule has 0 aliphatic rings. The Balaban J connectivity index is 3.64. The third-order valence-corrected chi connectivity index (χ3v) is 8.96. The third-order valence-electron chi connectivity index (χ3n) is 7.24. The fourth-order valence-electron chi connectivity index (χ4n) is 4.86. The van der Waals surface area contributed by atoms with Gasteiger partial charge in [0.1, 0.15) is 0 Å². The van der Waals surface area contributed by atoms with Crippen LogP contribution in [0.15, 0.2) is 24.3 Å². The Hall–Kier alpha value is -0.500. The molecular weight excluding hydrogens is 437 g/mol. The Kier molecular flexibility index (Phi) is 21.4. The van der Waals surface area contributed by atoms with Crippen LogP contribution in [0.3, 0.4) is 0 Å². The molecule has 4 heteroatoms. The minimum Gasteiger partial charge on any atom is -0.590 e. The van der Waals surface area contributed by atoms with Crippen molar-refractivity contribution in [1.82, 2.24) is 0 Å². The summed E-state index contributed by atoms with van der Waals surface area (Å²) in [6, 6.07) is 0. The summed E-state index contributed by atoms with van der Waals surface area (Å²) < 4.78 is 12.6. The van der Waals surface area contributed by atoms with Crippen LogP contribution in [0.1, 0.15) is 142 Å². The highest BCUT2D eigenvalue weighted by Gasteiger charge is 2.53. The lowest BCUT2D eigenvalue weighted by Crippen LogP contribution is -2.55. The molecule has 0 radical (unpaired) electrons. The molecule has 0 rings (SSSR count). The predicted octanol–water partition coefficient (Wildman–Crippen LogP) is 9.45. The first-order valence-electron chi connectivity index (χ1n) is 14.6. The molecule has 2 atom stereocenters. The van der Waals surface area contributed by atoms with Gasteiger partial charge in [0.05, 0.1) is 21.1 Å². The van der Waals surface area contributed by atoms with Crippen molar-refractivity contribution in [2.24, 2.45) is 0 Å². The molecule has 0 amide bonds. The van der Waals surface area contributed by atoms with Crippen LogP contribution < -0.4 is 4.89 Å². The van der Waals surface area contributed by atoms with Gasteiger partial charge in [-0.25, -0.2) is 0 Å². The van der Waals surface area contributed by atoms with E-state index in [1.54, 1.807) is 0 Å². The number of hydrogen-bond donors (Lipinski definition) is 0. The molecule has 3 nitrogen and oxygen atoms in total. The molecule has 0 bridgehead atoms. The molecule has 0 spiro atoms. The molecule has 0 saturated carbocycles. The number of nitrogens with zero attached hydrogens (tertiary/aromatic N) is 1. The molecule has 0 aromatic rings. The maximum atomic E-state index is 12.1. The SMILES string of the molecule is CCCCCC/C=C\CCCC/C=C\CCCCCCCCCC(CCC)([P+](=O)[O-])[N+](C)(C)C. The van der Waals surface area contributed by atoms with Crippen molar-refractivity contribution in [2.45, 2.75) is 148 Å². The van der Waals surface area contributed by atoms with Crippen LogP contribution in [0.25, 0.3) is 0 Å². The molecule has 0 fully saturated rings. The highest BCUT2D eigenvalue weighted by molar-refractivity contribution is 7.38. The zero-order valence-electron chi connectivity index (χ0n) is 23.7. The molecule has 34 heavy (non-hydrogen) atoms. The average molecular weight is 497 g/mol. The average Bonchev–Trinajstić information content (AvgIpc) is 2.78. The summed E-state index contributed by atoms with van der Waals surface area (Å²) in [6.45, 7) is 4.36. The van der Waals surface area contributed by atoms with Gasteiger partial charge in [-0.05, 0) is 64.2 Å². The fourth-order valence-corrected chi connectivity index (χ4v) is 6.10. The summed E-state index contributed by atoms with van der Waals surface area (Å²) in [6.07, 6.45) is 33.7. The molecule has 0 heterocycles. The largest absolute Gasteiger partial charge is 0.590 e. The molecule has 0 aromatic heterocycles. The summed E-state index contributed by atoms with van der Waals surface area (Å²) in [5, 5.41) is -0.596. The quantitative estimate of drug-likeness (QED) is 0.0577. The van der Waals surface area contributed by atoms with Crippen LogP contribution in [-0.2, 0) is 4.57 Å². The number of unbranched alkanes of at least 4 members (excludes halogenated alkanes) is 14. The summed E-state index contributed by atoms with van der Waals surface area (Å²) in [7, 11) is 3.67. The first kappa shape index (κ1) is 33.5. The summed E-state index contributed by atoms with van der Waals surface area (Å²) >= 11 is 0. The topological polar surface area (TPSA) is 40.1 Å². The van der Waals surface area contributed by atoms with Crippen LogP contribution in [-0.4, -0.2) is 30.9 Å². The molecule has 2 unspecified atom stereocenters. The van der Waals surface area contributed by atoms with Gasteiger partial charge >= 0.3 is 8.03 Å². The number of quaternary nitrogens is 1. The van der Waals surface area contributed by atoms with Gasteiger partial charge in [0, 0.05) is 12.8 Å². The van der Waals surface area contributed by atoms with E-state index in [9.17, 15) is 9.46 Å². The van der Waals surface area contributed by atoms with E-state index in [2.05, 4.69) is 38.2 Å². The minimum atomic E-state index is -2.43. The Morgan fingerprint density at radius 1 is 0.588 bits per heavy atom. The molecule has 200 valence electrons. The molecule has 0 aliphatic heterocycles. The van der Waals surface area contributed by atoms with E-state index >= 15 is 0 Å². The molecule has 0 aromatic carbocycles. The normalized spacial score (nSPS) is 14.8. The highest BCUT2D eigenvalue weighted by Crippen LogP contribution is 2.45.